The minimum Gasteiger partial charge on any atom is -0.365 e. The predicted molar refractivity (Wildman–Crippen MR) is 80.4 cm³/mol. The Morgan fingerprint density at radius 1 is 1.30 bits per heavy atom. The van der Waals surface area contributed by atoms with Gasteiger partial charge in [0.15, 0.2) is 0 Å². The first kappa shape index (κ1) is 16.4. The van der Waals surface area contributed by atoms with E-state index in [4.69, 9.17) is 0 Å². The van der Waals surface area contributed by atoms with E-state index < -0.39 is 0 Å². The SMILES string of the molecule is CCCNCc1c(F)cccc1N(C)CC(=O)N(C)C. The molecule has 20 heavy (non-hydrogen) atoms. The second kappa shape index (κ2) is 7.85. The molecule has 0 spiro atoms. The normalized spacial score (nSPS) is 10.4. The summed E-state index contributed by atoms with van der Waals surface area (Å²) >= 11 is 0. The lowest BCUT2D eigenvalue weighted by atomic mass is 10.1. The number of hydrogen-bond donors (Lipinski definition) is 1. The number of likely N-dealkylation sites (N-methyl/N-ethyl adjacent to an activating group) is 2. The molecule has 0 radical (unpaired) electrons. The highest BCUT2D eigenvalue weighted by Crippen LogP contribution is 2.22. The number of halogens is 1. The van der Waals surface area contributed by atoms with Crippen LogP contribution in [0.15, 0.2) is 18.2 Å². The Morgan fingerprint density at radius 3 is 2.60 bits per heavy atom. The van der Waals surface area contributed by atoms with Gasteiger partial charge in [-0.1, -0.05) is 13.0 Å². The van der Waals surface area contributed by atoms with Gasteiger partial charge in [0.1, 0.15) is 5.82 Å². The van der Waals surface area contributed by atoms with Crippen LogP contribution in [0, 0.1) is 5.82 Å². The van der Waals surface area contributed by atoms with Gasteiger partial charge in [-0.3, -0.25) is 4.79 Å². The number of hydrogen-bond acceptors (Lipinski definition) is 3. The Morgan fingerprint density at radius 2 is 2.00 bits per heavy atom. The molecule has 0 aliphatic carbocycles. The van der Waals surface area contributed by atoms with Crippen LogP contribution in [0.2, 0.25) is 0 Å². The molecule has 0 unspecified atom stereocenters. The fourth-order valence-corrected chi connectivity index (χ4v) is 1.90. The summed E-state index contributed by atoms with van der Waals surface area (Å²) in [6, 6.07) is 4.97. The minimum absolute atomic E-state index is 0.00997. The maximum atomic E-state index is 14.0. The maximum absolute atomic E-state index is 14.0. The van der Waals surface area contributed by atoms with Crippen molar-refractivity contribution in [2.24, 2.45) is 0 Å². The molecule has 0 heterocycles. The molecule has 1 rings (SSSR count). The molecule has 0 aliphatic heterocycles. The van der Waals surface area contributed by atoms with E-state index in [9.17, 15) is 9.18 Å². The van der Waals surface area contributed by atoms with Gasteiger partial charge in [0, 0.05) is 38.9 Å². The van der Waals surface area contributed by atoms with Crippen molar-refractivity contribution >= 4 is 11.6 Å². The van der Waals surface area contributed by atoms with Crippen molar-refractivity contribution < 1.29 is 9.18 Å². The fourth-order valence-electron chi connectivity index (χ4n) is 1.90. The first-order valence-corrected chi connectivity index (χ1v) is 6.86. The summed E-state index contributed by atoms with van der Waals surface area (Å²) in [5, 5.41) is 3.20. The van der Waals surface area contributed by atoms with Gasteiger partial charge in [0.05, 0.1) is 6.54 Å². The van der Waals surface area contributed by atoms with Crippen LogP contribution in [0.5, 0.6) is 0 Å². The van der Waals surface area contributed by atoms with E-state index in [2.05, 4.69) is 12.2 Å². The molecule has 0 atom stereocenters. The van der Waals surface area contributed by atoms with Gasteiger partial charge in [-0.05, 0) is 25.1 Å². The minimum atomic E-state index is -0.241. The molecule has 1 aromatic carbocycles. The average Bonchev–Trinajstić information content (AvgIpc) is 2.40. The van der Waals surface area contributed by atoms with Gasteiger partial charge in [0.25, 0.3) is 0 Å². The van der Waals surface area contributed by atoms with Gasteiger partial charge >= 0.3 is 0 Å². The van der Waals surface area contributed by atoms with Crippen molar-refractivity contribution in [3.63, 3.8) is 0 Å². The Kier molecular flexibility index (Phi) is 6.45. The third kappa shape index (κ3) is 4.49. The summed E-state index contributed by atoms with van der Waals surface area (Å²) in [6.45, 7) is 3.61. The molecule has 0 aliphatic rings. The van der Waals surface area contributed by atoms with Crippen LogP contribution >= 0.6 is 0 Å². The number of nitrogens with one attached hydrogen (secondary N) is 1. The number of carbonyl (C=O) groups excluding carboxylic acids is 1. The van der Waals surface area contributed by atoms with Gasteiger partial charge in [-0.2, -0.15) is 0 Å². The van der Waals surface area contributed by atoms with Crippen LogP contribution in [-0.2, 0) is 11.3 Å². The zero-order valence-corrected chi connectivity index (χ0v) is 12.7. The van der Waals surface area contributed by atoms with Crippen molar-refractivity contribution in [3.05, 3.63) is 29.6 Å². The third-order valence-electron chi connectivity index (χ3n) is 3.11. The average molecular weight is 281 g/mol. The lowest BCUT2D eigenvalue weighted by molar-refractivity contribution is -0.127. The van der Waals surface area contributed by atoms with E-state index >= 15 is 0 Å². The maximum Gasteiger partial charge on any atom is 0.241 e. The van der Waals surface area contributed by atoms with Crippen LogP contribution in [0.4, 0.5) is 10.1 Å². The van der Waals surface area contributed by atoms with Crippen LogP contribution in [0.25, 0.3) is 0 Å². The second-order valence-corrected chi connectivity index (χ2v) is 5.06. The zero-order valence-electron chi connectivity index (χ0n) is 12.7. The van der Waals surface area contributed by atoms with Gasteiger partial charge in [0.2, 0.25) is 5.91 Å². The molecule has 0 aromatic heterocycles. The summed E-state index contributed by atoms with van der Waals surface area (Å²) in [4.78, 5) is 15.1. The van der Waals surface area contributed by atoms with E-state index in [0.29, 0.717) is 12.1 Å². The van der Waals surface area contributed by atoms with Crippen LogP contribution in [0.1, 0.15) is 18.9 Å². The monoisotopic (exact) mass is 281 g/mol. The Bertz CT molecular complexity index is 449. The van der Waals surface area contributed by atoms with Crippen molar-refractivity contribution in [2.45, 2.75) is 19.9 Å². The molecule has 0 saturated heterocycles. The van der Waals surface area contributed by atoms with E-state index in [0.717, 1.165) is 18.7 Å². The second-order valence-electron chi connectivity index (χ2n) is 5.06. The van der Waals surface area contributed by atoms with E-state index in [-0.39, 0.29) is 18.3 Å². The quantitative estimate of drug-likeness (QED) is 0.775. The molecule has 4 nitrogen and oxygen atoms in total. The van der Waals surface area contributed by atoms with E-state index in [1.807, 2.05) is 6.07 Å². The Labute approximate surface area is 120 Å². The summed E-state index contributed by atoms with van der Waals surface area (Å²) in [7, 11) is 5.23. The van der Waals surface area contributed by atoms with Gasteiger partial charge in [-0.25, -0.2) is 4.39 Å². The first-order chi connectivity index (χ1) is 9.47. The number of amides is 1. The third-order valence-corrected chi connectivity index (χ3v) is 3.11. The molecule has 5 heteroatoms. The molecule has 1 aromatic rings. The molecule has 1 N–H and O–H groups in total. The van der Waals surface area contributed by atoms with Crippen molar-refractivity contribution in [1.29, 1.82) is 0 Å². The van der Waals surface area contributed by atoms with Crippen LogP contribution < -0.4 is 10.2 Å². The van der Waals surface area contributed by atoms with Crippen molar-refractivity contribution in [1.82, 2.24) is 10.2 Å². The lowest BCUT2D eigenvalue weighted by Crippen LogP contribution is -2.35. The Balaban J connectivity index is 2.87. The molecular weight excluding hydrogens is 257 g/mol. The highest BCUT2D eigenvalue weighted by molar-refractivity contribution is 5.81. The molecule has 0 fully saturated rings. The lowest BCUT2D eigenvalue weighted by Gasteiger charge is -2.24. The van der Waals surface area contributed by atoms with Crippen LogP contribution in [0.3, 0.4) is 0 Å². The topological polar surface area (TPSA) is 35.6 Å². The summed E-state index contributed by atoms with van der Waals surface area (Å²) in [5.41, 5.74) is 1.36. The number of benzene rings is 1. The highest BCUT2D eigenvalue weighted by atomic mass is 19.1. The zero-order chi connectivity index (χ0) is 15.1. The first-order valence-electron chi connectivity index (χ1n) is 6.86. The van der Waals surface area contributed by atoms with Crippen LogP contribution in [-0.4, -0.2) is 45.0 Å². The molecule has 0 bridgehead atoms. The van der Waals surface area contributed by atoms with Gasteiger partial charge in [-0.15, -0.1) is 0 Å². The number of nitrogens with zero attached hydrogens (tertiary/aromatic N) is 2. The number of rotatable bonds is 7. The fraction of sp³-hybridized carbons (Fsp3) is 0.533. The smallest absolute Gasteiger partial charge is 0.241 e. The summed E-state index contributed by atoms with van der Waals surface area (Å²) in [6.07, 6.45) is 0.999. The summed E-state index contributed by atoms with van der Waals surface area (Å²) < 4.78 is 14.0. The Hall–Kier alpha value is -1.62. The van der Waals surface area contributed by atoms with Crippen molar-refractivity contribution in [3.8, 4) is 0 Å². The molecule has 1 amide bonds. The highest BCUT2D eigenvalue weighted by Gasteiger charge is 2.15. The van der Waals surface area contributed by atoms with Gasteiger partial charge < -0.3 is 15.1 Å². The number of anilines is 1. The molecule has 112 valence electrons. The number of carbonyl (C=O) groups is 1. The molecular formula is C15H24FN3O. The molecule has 0 saturated carbocycles. The van der Waals surface area contributed by atoms with E-state index in [1.54, 1.807) is 32.1 Å². The predicted octanol–water partition coefficient (Wildman–Crippen LogP) is 1.85. The van der Waals surface area contributed by atoms with E-state index in [1.165, 1.54) is 11.0 Å². The summed E-state index contributed by atoms with van der Waals surface area (Å²) in [5.74, 6) is -0.250. The standard InChI is InChI=1S/C15H24FN3O/c1-5-9-17-10-12-13(16)7-6-8-14(12)19(4)11-15(20)18(2)3/h6-8,17H,5,9-11H2,1-4H3. The largest absolute Gasteiger partial charge is 0.365 e. The van der Waals surface area contributed by atoms with Crippen molar-refractivity contribution in [2.75, 3.05) is 39.1 Å².